The Morgan fingerprint density at radius 3 is 3.09 bits per heavy atom. The van der Waals surface area contributed by atoms with Crippen LogP contribution in [0.4, 0.5) is 5.69 Å². The molecule has 0 radical (unpaired) electrons. The van der Waals surface area contributed by atoms with Crippen molar-refractivity contribution in [1.82, 2.24) is 9.97 Å². The van der Waals surface area contributed by atoms with Crippen LogP contribution in [0.5, 0.6) is 0 Å². The molecule has 118 valence electrons. The average Bonchev–Trinajstić information content (AvgIpc) is 3.21. The van der Waals surface area contributed by atoms with E-state index in [2.05, 4.69) is 44.5 Å². The van der Waals surface area contributed by atoms with E-state index < -0.39 is 0 Å². The van der Waals surface area contributed by atoms with Gasteiger partial charge in [-0.25, -0.2) is 4.98 Å². The summed E-state index contributed by atoms with van der Waals surface area (Å²) in [7, 11) is 0. The van der Waals surface area contributed by atoms with E-state index in [1.165, 1.54) is 11.1 Å². The van der Waals surface area contributed by atoms with Gasteiger partial charge < -0.3 is 9.64 Å². The monoisotopic (exact) mass is 325 g/mol. The van der Waals surface area contributed by atoms with Crippen LogP contribution < -0.4 is 4.90 Å². The zero-order chi connectivity index (χ0) is 15.6. The van der Waals surface area contributed by atoms with Crippen LogP contribution >= 0.6 is 11.3 Å². The Balaban J connectivity index is 1.45. The Bertz CT molecular complexity index is 811. The molecule has 1 unspecified atom stereocenters. The summed E-state index contributed by atoms with van der Waals surface area (Å²) in [5.74, 6) is 0. The van der Waals surface area contributed by atoms with E-state index in [0.29, 0.717) is 6.61 Å². The Kier molecular flexibility index (Phi) is 3.97. The molecule has 0 bridgehead atoms. The van der Waals surface area contributed by atoms with E-state index in [1.54, 1.807) is 11.3 Å². The van der Waals surface area contributed by atoms with Gasteiger partial charge in [0.1, 0.15) is 0 Å². The number of aryl methyl sites for hydroxylation is 1. The molecule has 4 nitrogen and oxygen atoms in total. The molecular formula is C18H19N3OS. The molecule has 0 aliphatic carbocycles. The molecule has 0 N–H and O–H groups in total. The molecule has 1 fully saturated rings. The third kappa shape index (κ3) is 3.07. The average molecular weight is 325 g/mol. The van der Waals surface area contributed by atoms with Crippen LogP contribution in [0, 0.1) is 6.92 Å². The molecule has 1 saturated heterocycles. The number of aromatic nitrogens is 2. The quantitative estimate of drug-likeness (QED) is 0.731. The Morgan fingerprint density at radius 2 is 2.22 bits per heavy atom. The highest BCUT2D eigenvalue weighted by molar-refractivity contribution is 7.09. The molecule has 0 spiro atoms. The lowest BCUT2D eigenvalue weighted by Gasteiger charge is -2.20. The lowest BCUT2D eigenvalue weighted by molar-refractivity contribution is 0.0536. The van der Waals surface area contributed by atoms with Gasteiger partial charge in [-0.15, -0.1) is 11.3 Å². The van der Waals surface area contributed by atoms with Crippen molar-refractivity contribution in [3.8, 4) is 0 Å². The van der Waals surface area contributed by atoms with Crippen LogP contribution in [0.1, 0.15) is 17.1 Å². The number of anilines is 1. The smallest absolute Gasteiger partial charge is 0.0901 e. The van der Waals surface area contributed by atoms with Gasteiger partial charge in [0.25, 0.3) is 0 Å². The minimum absolute atomic E-state index is 0.268. The van der Waals surface area contributed by atoms with Gasteiger partial charge in [0, 0.05) is 35.7 Å². The fourth-order valence-electron chi connectivity index (χ4n) is 3.12. The summed E-state index contributed by atoms with van der Waals surface area (Å²) in [6.07, 6.45) is 3.22. The highest BCUT2D eigenvalue weighted by Crippen LogP contribution is 2.29. The third-order valence-electron chi connectivity index (χ3n) is 4.25. The van der Waals surface area contributed by atoms with E-state index in [4.69, 9.17) is 4.74 Å². The second kappa shape index (κ2) is 6.26. The molecule has 2 aromatic heterocycles. The van der Waals surface area contributed by atoms with Crippen molar-refractivity contribution in [2.24, 2.45) is 0 Å². The third-order valence-corrected chi connectivity index (χ3v) is 5.07. The summed E-state index contributed by atoms with van der Waals surface area (Å²) in [6.45, 7) is 4.59. The molecule has 0 amide bonds. The second-order valence-electron chi connectivity index (χ2n) is 5.87. The van der Waals surface area contributed by atoms with Gasteiger partial charge in [0.05, 0.1) is 28.9 Å². The van der Waals surface area contributed by atoms with E-state index in [-0.39, 0.29) is 6.10 Å². The van der Waals surface area contributed by atoms with Gasteiger partial charge in [-0.1, -0.05) is 18.2 Å². The van der Waals surface area contributed by atoms with E-state index >= 15 is 0 Å². The number of pyridine rings is 1. The van der Waals surface area contributed by atoms with Crippen LogP contribution in [-0.2, 0) is 11.3 Å². The zero-order valence-electron chi connectivity index (χ0n) is 13.1. The molecule has 1 aromatic carbocycles. The van der Waals surface area contributed by atoms with Crippen molar-refractivity contribution in [3.05, 3.63) is 52.6 Å². The summed E-state index contributed by atoms with van der Waals surface area (Å²) < 4.78 is 6.05. The van der Waals surface area contributed by atoms with Gasteiger partial charge in [-0.2, -0.15) is 0 Å². The van der Waals surface area contributed by atoms with Crippen LogP contribution in [0.3, 0.4) is 0 Å². The van der Waals surface area contributed by atoms with E-state index in [0.717, 1.165) is 35.7 Å². The number of thiazole rings is 1. The molecule has 1 aliphatic rings. The van der Waals surface area contributed by atoms with Gasteiger partial charge in [-0.05, 0) is 25.5 Å². The summed E-state index contributed by atoms with van der Waals surface area (Å²) >= 11 is 1.68. The van der Waals surface area contributed by atoms with Crippen LogP contribution in [-0.4, -0.2) is 29.2 Å². The van der Waals surface area contributed by atoms with Crippen molar-refractivity contribution in [1.29, 1.82) is 0 Å². The Morgan fingerprint density at radius 1 is 1.30 bits per heavy atom. The number of ether oxygens (including phenoxy) is 1. The van der Waals surface area contributed by atoms with Crippen molar-refractivity contribution >= 4 is 27.9 Å². The molecule has 0 saturated carbocycles. The number of para-hydroxylation sites is 1. The summed E-state index contributed by atoms with van der Waals surface area (Å²) in [5.41, 5.74) is 3.35. The first-order chi connectivity index (χ1) is 11.3. The van der Waals surface area contributed by atoms with Crippen LogP contribution in [0.25, 0.3) is 10.9 Å². The minimum atomic E-state index is 0.268. The Hall–Kier alpha value is -1.98. The molecule has 4 rings (SSSR count). The predicted molar refractivity (Wildman–Crippen MR) is 94.0 cm³/mol. The van der Waals surface area contributed by atoms with E-state index in [1.807, 2.05) is 19.2 Å². The summed E-state index contributed by atoms with van der Waals surface area (Å²) in [4.78, 5) is 11.3. The van der Waals surface area contributed by atoms with E-state index in [9.17, 15) is 0 Å². The highest BCUT2D eigenvalue weighted by Gasteiger charge is 2.24. The number of benzene rings is 1. The highest BCUT2D eigenvalue weighted by atomic mass is 32.1. The first-order valence-electron chi connectivity index (χ1n) is 7.91. The molecule has 3 heterocycles. The summed E-state index contributed by atoms with van der Waals surface area (Å²) in [6, 6.07) is 10.4. The van der Waals surface area contributed by atoms with Crippen LogP contribution in [0.15, 0.2) is 41.9 Å². The zero-order valence-corrected chi connectivity index (χ0v) is 13.9. The van der Waals surface area contributed by atoms with Crippen molar-refractivity contribution in [3.63, 3.8) is 0 Å². The van der Waals surface area contributed by atoms with Crippen molar-refractivity contribution in [2.75, 3.05) is 18.0 Å². The lowest BCUT2D eigenvalue weighted by Crippen LogP contribution is -2.23. The second-order valence-corrected chi connectivity index (χ2v) is 6.94. The Labute approximate surface area is 139 Å². The molecular weight excluding hydrogens is 306 g/mol. The topological polar surface area (TPSA) is 38.2 Å². The number of fused-ring (bicyclic) bond motifs is 1. The number of nitrogens with zero attached hydrogens (tertiary/aromatic N) is 3. The predicted octanol–water partition coefficient (Wildman–Crippen LogP) is 3.80. The molecule has 23 heavy (non-hydrogen) atoms. The largest absolute Gasteiger partial charge is 0.370 e. The SMILES string of the molecule is Cc1nc(COC2CCN(c3ccnc4ccccc34)C2)cs1. The fraction of sp³-hybridized carbons (Fsp3) is 0.333. The molecule has 5 heteroatoms. The first kappa shape index (κ1) is 14.6. The van der Waals surface area contributed by atoms with Gasteiger partial charge in [0.15, 0.2) is 0 Å². The van der Waals surface area contributed by atoms with Crippen molar-refractivity contribution < 1.29 is 4.74 Å². The van der Waals surface area contributed by atoms with Crippen molar-refractivity contribution in [2.45, 2.75) is 26.1 Å². The maximum atomic E-state index is 6.05. The number of hydrogen-bond acceptors (Lipinski definition) is 5. The molecule has 1 aliphatic heterocycles. The number of hydrogen-bond donors (Lipinski definition) is 0. The molecule has 1 atom stereocenters. The normalized spacial score (nSPS) is 18.0. The molecule has 3 aromatic rings. The first-order valence-corrected chi connectivity index (χ1v) is 8.79. The lowest BCUT2D eigenvalue weighted by atomic mass is 10.2. The maximum absolute atomic E-state index is 6.05. The van der Waals surface area contributed by atoms with Gasteiger partial charge in [0.2, 0.25) is 0 Å². The summed E-state index contributed by atoms with van der Waals surface area (Å²) in [5, 5.41) is 4.39. The standard InChI is InChI=1S/C18H19N3OS/c1-13-20-14(12-23-13)11-22-15-7-9-21(10-15)18-6-8-19-17-5-3-2-4-16(17)18/h2-6,8,12,15H,7,9-11H2,1H3. The number of rotatable bonds is 4. The van der Waals surface area contributed by atoms with Gasteiger partial charge >= 0.3 is 0 Å². The fourth-order valence-corrected chi connectivity index (χ4v) is 3.71. The van der Waals surface area contributed by atoms with Gasteiger partial charge in [-0.3, -0.25) is 4.98 Å². The maximum Gasteiger partial charge on any atom is 0.0901 e. The minimum Gasteiger partial charge on any atom is -0.370 e. The van der Waals surface area contributed by atoms with Crippen LogP contribution in [0.2, 0.25) is 0 Å².